The second-order valence-corrected chi connectivity index (χ2v) is 4.74. The zero-order chi connectivity index (χ0) is 14.2. The number of methoxy groups -OCH3 is 4. The van der Waals surface area contributed by atoms with Gasteiger partial charge in [-0.2, -0.15) is 0 Å². The third-order valence-corrected chi connectivity index (χ3v) is 3.78. The van der Waals surface area contributed by atoms with E-state index >= 15 is 0 Å². The van der Waals surface area contributed by atoms with E-state index in [0.717, 1.165) is 19.3 Å². The summed E-state index contributed by atoms with van der Waals surface area (Å²) in [4.78, 5) is 0. The Kier molecular flexibility index (Phi) is 8.78. The molecule has 0 amide bonds. The van der Waals surface area contributed by atoms with Crippen molar-refractivity contribution in [2.75, 3.05) is 28.4 Å². The molecule has 18 heavy (non-hydrogen) atoms. The first-order valence-corrected chi connectivity index (χ1v) is 6.69. The molecular weight excluding hydrogens is 232 g/mol. The molecule has 0 saturated carbocycles. The Balaban J connectivity index is 5.16. The largest absolute Gasteiger partial charge is 0.379 e. The van der Waals surface area contributed by atoms with Crippen molar-refractivity contribution in [3.8, 4) is 0 Å². The van der Waals surface area contributed by atoms with Gasteiger partial charge in [0, 0.05) is 28.4 Å². The van der Waals surface area contributed by atoms with Gasteiger partial charge in [-0.1, -0.05) is 20.3 Å². The van der Waals surface area contributed by atoms with E-state index in [1.54, 1.807) is 28.4 Å². The molecule has 0 aromatic rings. The highest BCUT2D eigenvalue weighted by atomic mass is 16.6. The van der Waals surface area contributed by atoms with Crippen molar-refractivity contribution in [1.82, 2.24) is 0 Å². The normalized spacial score (nSPS) is 20.2. The fraction of sp³-hybridized carbons (Fsp3) is 1.00. The number of rotatable bonds is 10. The Morgan fingerprint density at radius 2 is 1.56 bits per heavy atom. The summed E-state index contributed by atoms with van der Waals surface area (Å²) in [7, 11) is 6.83. The molecule has 110 valence electrons. The number of ether oxygens (including phenoxy) is 4. The van der Waals surface area contributed by atoms with E-state index in [2.05, 4.69) is 13.8 Å². The van der Waals surface area contributed by atoms with Gasteiger partial charge in [-0.25, -0.2) is 0 Å². The molecule has 0 bridgehead atoms. The van der Waals surface area contributed by atoms with E-state index in [9.17, 15) is 0 Å². The van der Waals surface area contributed by atoms with Gasteiger partial charge in [0.2, 0.25) is 0 Å². The summed E-state index contributed by atoms with van der Waals surface area (Å²) in [5, 5.41) is 0. The zero-order valence-corrected chi connectivity index (χ0v) is 13.0. The van der Waals surface area contributed by atoms with Gasteiger partial charge in [0.1, 0.15) is 11.7 Å². The van der Waals surface area contributed by atoms with Crippen LogP contribution in [-0.2, 0) is 18.9 Å². The predicted octanol–water partition coefficient (Wildman–Crippen LogP) is 2.65. The summed E-state index contributed by atoms with van der Waals surface area (Å²) in [5.74, 6) is 0. The minimum absolute atomic E-state index is 0.00513. The molecular formula is C14H30O4. The SMILES string of the molecule is CCCC(OC)C(C)(OC)C(OC)C(CC)OC. The molecule has 4 nitrogen and oxygen atoms in total. The van der Waals surface area contributed by atoms with Crippen molar-refractivity contribution in [3.05, 3.63) is 0 Å². The molecule has 0 aromatic carbocycles. The van der Waals surface area contributed by atoms with Crippen LogP contribution in [0.1, 0.15) is 40.0 Å². The Hall–Kier alpha value is -0.160. The van der Waals surface area contributed by atoms with Crippen LogP contribution in [0.3, 0.4) is 0 Å². The van der Waals surface area contributed by atoms with Crippen LogP contribution < -0.4 is 0 Å². The third-order valence-electron chi connectivity index (χ3n) is 3.78. The first-order valence-electron chi connectivity index (χ1n) is 6.69. The minimum atomic E-state index is -0.518. The third kappa shape index (κ3) is 3.92. The summed E-state index contributed by atoms with van der Waals surface area (Å²) in [6, 6.07) is 0. The summed E-state index contributed by atoms with van der Waals surface area (Å²) >= 11 is 0. The monoisotopic (exact) mass is 262 g/mol. The molecule has 0 aromatic heterocycles. The minimum Gasteiger partial charge on any atom is -0.379 e. The van der Waals surface area contributed by atoms with Crippen LogP contribution >= 0.6 is 0 Å². The first-order chi connectivity index (χ1) is 8.55. The lowest BCUT2D eigenvalue weighted by Gasteiger charge is -2.43. The van der Waals surface area contributed by atoms with Gasteiger partial charge < -0.3 is 18.9 Å². The molecule has 0 rings (SSSR count). The van der Waals surface area contributed by atoms with Crippen LogP contribution in [0, 0.1) is 0 Å². The van der Waals surface area contributed by atoms with Crippen molar-refractivity contribution < 1.29 is 18.9 Å². The summed E-state index contributed by atoms with van der Waals surface area (Å²) in [6.07, 6.45) is 2.67. The maximum absolute atomic E-state index is 5.75. The standard InChI is InChI=1S/C14H30O4/c1-8-10-12(16-5)14(3,18-7)13(17-6)11(9-2)15-4/h11-13H,8-10H2,1-7H3. The van der Waals surface area contributed by atoms with E-state index in [-0.39, 0.29) is 18.3 Å². The Morgan fingerprint density at radius 3 is 1.83 bits per heavy atom. The zero-order valence-electron chi connectivity index (χ0n) is 13.0. The molecule has 0 N–H and O–H groups in total. The number of hydrogen-bond acceptors (Lipinski definition) is 4. The van der Waals surface area contributed by atoms with Crippen molar-refractivity contribution in [2.45, 2.75) is 63.9 Å². The van der Waals surface area contributed by atoms with Crippen LogP contribution in [0.4, 0.5) is 0 Å². The van der Waals surface area contributed by atoms with Gasteiger partial charge in [0.05, 0.1) is 12.2 Å². The molecule has 0 heterocycles. The van der Waals surface area contributed by atoms with E-state index in [1.807, 2.05) is 6.92 Å². The molecule has 0 aliphatic carbocycles. The Labute approximate surface area is 112 Å². The molecule has 4 unspecified atom stereocenters. The highest BCUT2D eigenvalue weighted by Crippen LogP contribution is 2.30. The second kappa shape index (κ2) is 8.86. The fourth-order valence-electron chi connectivity index (χ4n) is 2.59. The van der Waals surface area contributed by atoms with Gasteiger partial charge in [0.25, 0.3) is 0 Å². The fourth-order valence-corrected chi connectivity index (χ4v) is 2.59. The summed E-state index contributed by atoms with van der Waals surface area (Å²) in [6.45, 7) is 6.25. The molecule has 4 atom stereocenters. The Morgan fingerprint density at radius 1 is 0.944 bits per heavy atom. The van der Waals surface area contributed by atoms with Gasteiger partial charge >= 0.3 is 0 Å². The van der Waals surface area contributed by atoms with Crippen LogP contribution in [0.15, 0.2) is 0 Å². The Bertz CT molecular complexity index is 206. The van der Waals surface area contributed by atoms with Crippen molar-refractivity contribution >= 4 is 0 Å². The molecule has 0 aliphatic rings. The van der Waals surface area contributed by atoms with Crippen molar-refractivity contribution in [3.63, 3.8) is 0 Å². The molecule has 0 saturated heterocycles. The van der Waals surface area contributed by atoms with Crippen molar-refractivity contribution in [1.29, 1.82) is 0 Å². The van der Waals surface area contributed by atoms with Crippen LogP contribution in [0.2, 0.25) is 0 Å². The highest BCUT2D eigenvalue weighted by molar-refractivity contribution is 4.96. The summed E-state index contributed by atoms with van der Waals surface area (Å²) in [5.41, 5.74) is -0.518. The lowest BCUT2D eigenvalue weighted by atomic mass is 9.85. The molecule has 0 radical (unpaired) electrons. The summed E-state index contributed by atoms with van der Waals surface area (Å²) < 4.78 is 22.5. The quantitative estimate of drug-likeness (QED) is 0.606. The number of hydrogen-bond donors (Lipinski definition) is 0. The van der Waals surface area contributed by atoms with Gasteiger partial charge in [-0.3, -0.25) is 0 Å². The van der Waals surface area contributed by atoms with E-state index < -0.39 is 5.60 Å². The topological polar surface area (TPSA) is 36.9 Å². The second-order valence-electron chi connectivity index (χ2n) is 4.74. The van der Waals surface area contributed by atoms with Crippen LogP contribution in [0.25, 0.3) is 0 Å². The first kappa shape index (κ1) is 17.8. The average molecular weight is 262 g/mol. The van der Waals surface area contributed by atoms with E-state index in [4.69, 9.17) is 18.9 Å². The lowest BCUT2D eigenvalue weighted by Crippen LogP contribution is -2.57. The van der Waals surface area contributed by atoms with Gasteiger partial charge in [0.15, 0.2) is 0 Å². The van der Waals surface area contributed by atoms with Crippen molar-refractivity contribution in [2.24, 2.45) is 0 Å². The smallest absolute Gasteiger partial charge is 0.120 e. The average Bonchev–Trinajstić information content (AvgIpc) is 2.41. The lowest BCUT2D eigenvalue weighted by molar-refractivity contribution is -0.205. The van der Waals surface area contributed by atoms with Crippen LogP contribution in [0.5, 0.6) is 0 Å². The van der Waals surface area contributed by atoms with Gasteiger partial charge in [-0.05, 0) is 19.8 Å². The van der Waals surface area contributed by atoms with E-state index in [1.165, 1.54) is 0 Å². The highest BCUT2D eigenvalue weighted by Gasteiger charge is 2.45. The molecule has 4 heteroatoms. The van der Waals surface area contributed by atoms with Gasteiger partial charge in [-0.15, -0.1) is 0 Å². The molecule has 0 spiro atoms. The maximum atomic E-state index is 5.75. The molecule has 0 aliphatic heterocycles. The van der Waals surface area contributed by atoms with E-state index in [0.29, 0.717) is 0 Å². The van der Waals surface area contributed by atoms with Crippen LogP contribution in [-0.4, -0.2) is 52.4 Å². The predicted molar refractivity (Wildman–Crippen MR) is 73.0 cm³/mol. The maximum Gasteiger partial charge on any atom is 0.120 e. The molecule has 0 fully saturated rings.